The average Bonchev–Trinajstić information content (AvgIpc) is 3.34. The van der Waals surface area contributed by atoms with E-state index in [1.54, 1.807) is 0 Å². The number of rotatable bonds is 58. The van der Waals surface area contributed by atoms with Crippen LogP contribution in [0.25, 0.3) is 0 Å². The average molecular weight is 958 g/mol. The molecule has 0 aromatic heterocycles. The highest BCUT2D eigenvalue weighted by Gasteiger charge is 2.18. The van der Waals surface area contributed by atoms with E-state index in [-0.39, 0.29) is 18.5 Å². The van der Waals surface area contributed by atoms with Gasteiger partial charge >= 0.3 is 11.9 Å². The number of esters is 2. The van der Waals surface area contributed by atoms with Crippen molar-refractivity contribution in [2.45, 2.75) is 348 Å². The molecule has 0 aromatic rings. The molecule has 0 amide bonds. The highest BCUT2D eigenvalue weighted by atomic mass is 16.6. The summed E-state index contributed by atoms with van der Waals surface area (Å²) < 4.78 is 17.5. The molecule has 0 aliphatic carbocycles. The summed E-state index contributed by atoms with van der Waals surface area (Å²) in [7, 11) is 0. The van der Waals surface area contributed by atoms with Gasteiger partial charge in [-0.3, -0.25) is 9.59 Å². The van der Waals surface area contributed by atoms with Crippen molar-refractivity contribution < 1.29 is 23.8 Å². The first-order valence-electron chi connectivity index (χ1n) is 30.9. The third-order valence-electron chi connectivity index (χ3n) is 14.0. The standard InChI is InChI=1S/C63H120O5/c1-4-7-10-13-16-19-22-25-28-31-32-34-35-38-41-44-47-50-53-56-62(64)67-60-61(59-66-58-55-52-49-46-43-40-37-30-27-24-21-18-15-12-9-6-3)68-63(65)57-54-51-48-45-42-39-36-33-29-26-23-20-17-14-11-8-5-2/h16,19,25,28,61H,4-15,17-18,20-24,26-27,29-60H2,1-3H3/b19-16-,28-25-/t61-/m1/s1. The summed E-state index contributed by atoms with van der Waals surface area (Å²) in [4.78, 5) is 25.6. The monoisotopic (exact) mass is 957 g/mol. The summed E-state index contributed by atoms with van der Waals surface area (Å²) in [6, 6.07) is 0. The molecular weight excluding hydrogens is 837 g/mol. The first-order chi connectivity index (χ1) is 33.6. The molecule has 5 heteroatoms. The first-order valence-corrected chi connectivity index (χ1v) is 30.9. The van der Waals surface area contributed by atoms with Gasteiger partial charge in [0.15, 0.2) is 6.10 Å². The first kappa shape index (κ1) is 66.4. The van der Waals surface area contributed by atoms with Crippen LogP contribution in [-0.2, 0) is 23.8 Å². The molecule has 0 radical (unpaired) electrons. The van der Waals surface area contributed by atoms with Gasteiger partial charge in [-0.05, 0) is 51.4 Å². The second-order valence-corrected chi connectivity index (χ2v) is 21.0. The maximum atomic E-state index is 12.9. The minimum Gasteiger partial charge on any atom is -0.462 e. The largest absolute Gasteiger partial charge is 0.462 e. The van der Waals surface area contributed by atoms with Crippen LogP contribution in [0.5, 0.6) is 0 Å². The SMILES string of the molecule is CCCCC/C=C\C/C=C\CCCCCCCCCCCC(=O)OC[C@@H](COCCCCCCCCCCCCCCCCCC)OC(=O)CCCCCCCCCCCCCCCCCCC. The topological polar surface area (TPSA) is 61.8 Å². The maximum Gasteiger partial charge on any atom is 0.306 e. The van der Waals surface area contributed by atoms with Gasteiger partial charge in [-0.2, -0.15) is 0 Å². The van der Waals surface area contributed by atoms with Crippen molar-refractivity contribution >= 4 is 11.9 Å². The number of hydrogen-bond acceptors (Lipinski definition) is 5. The molecule has 0 aromatic carbocycles. The number of carbonyl (C=O) groups excluding carboxylic acids is 2. The van der Waals surface area contributed by atoms with Crippen molar-refractivity contribution in [1.82, 2.24) is 0 Å². The number of ether oxygens (including phenoxy) is 3. The van der Waals surface area contributed by atoms with E-state index in [4.69, 9.17) is 14.2 Å². The molecule has 0 rings (SSSR count). The lowest BCUT2D eigenvalue weighted by Crippen LogP contribution is -2.30. The Kier molecular flexibility index (Phi) is 58.3. The van der Waals surface area contributed by atoms with Gasteiger partial charge in [-0.1, -0.05) is 302 Å². The summed E-state index contributed by atoms with van der Waals surface area (Å²) in [6.45, 7) is 7.89. The summed E-state index contributed by atoms with van der Waals surface area (Å²) >= 11 is 0. The zero-order valence-electron chi connectivity index (χ0n) is 46.4. The van der Waals surface area contributed by atoms with E-state index in [2.05, 4.69) is 45.1 Å². The molecule has 5 nitrogen and oxygen atoms in total. The molecule has 0 bridgehead atoms. The molecule has 0 N–H and O–H groups in total. The summed E-state index contributed by atoms with van der Waals surface area (Å²) in [6.07, 6.45) is 72.0. The van der Waals surface area contributed by atoms with Gasteiger partial charge in [0, 0.05) is 19.4 Å². The lowest BCUT2D eigenvalue weighted by atomic mass is 10.0. The molecule has 402 valence electrons. The van der Waals surface area contributed by atoms with E-state index in [1.165, 1.54) is 270 Å². The Morgan fingerprint density at radius 2 is 0.618 bits per heavy atom. The van der Waals surface area contributed by atoms with Crippen molar-refractivity contribution in [3.05, 3.63) is 24.3 Å². The van der Waals surface area contributed by atoms with Crippen molar-refractivity contribution in [2.75, 3.05) is 19.8 Å². The minimum absolute atomic E-state index is 0.0918. The van der Waals surface area contributed by atoms with Crippen LogP contribution in [0, 0.1) is 0 Å². The van der Waals surface area contributed by atoms with Crippen LogP contribution in [0.3, 0.4) is 0 Å². The minimum atomic E-state index is -0.531. The van der Waals surface area contributed by atoms with Crippen LogP contribution in [0.2, 0.25) is 0 Å². The van der Waals surface area contributed by atoms with Crippen molar-refractivity contribution in [3.63, 3.8) is 0 Å². The Morgan fingerprint density at radius 1 is 0.324 bits per heavy atom. The zero-order chi connectivity index (χ0) is 49.2. The molecule has 0 unspecified atom stereocenters. The molecule has 68 heavy (non-hydrogen) atoms. The van der Waals surface area contributed by atoms with E-state index in [0.29, 0.717) is 26.1 Å². The van der Waals surface area contributed by atoms with Gasteiger partial charge in [0.25, 0.3) is 0 Å². The Morgan fingerprint density at radius 3 is 1.00 bits per heavy atom. The Labute approximate surface area is 426 Å². The third kappa shape index (κ3) is 57.0. The molecule has 0 heterocycles. The highest BCUT2D eigenvalue weighted by molar-refractivity contribution is 5.70. The molecule has 0 aliphatic rings. The molecule has 0 spiro atoms. The van der Waals surface area contributed by atoms with Crippen molar-refractivity contribution in [1.29, 1.82) is 0 Å². The third-order valence-corrected chi connectivity index (χ3v) is 14.0. The molecule has 0 aliphatic heterocycles. The zero-order valence-corrected chi connectivity index (χ0v) is 46.4. The normalized spacial score (nSPS) is 12.2. The lowest BCUT2D eigenvalue weighted by molar-refractivity contribution is -0.163. The summed E-state index contributed by atoms with van der Waals surface area (Å²) in [5.74, 6) is -0.375. The fraction of sp³-hybridized carbons (Fsp3) is 0.905. The molecule has 0 saturated carbocycles. The summed E-state index contributed by atoms with van der Waals surface area (Å²) in [5, 5.41) is 0. The summed E-state index contributed by atoms with van der Waals surface area (Å²) in [5.41, 5.74) is 0. The quantitative estimate of drug-likeness (QED) is 0.0345. The number of unbranched alkanes of at least 4 members (excludes halogenated alkanes) is 43. The van der Waals surface area contributed by atoms with Crippen LogP contribution in [0.1, 0.15) is 342 Å². The second-order valence-electron chi connectivity index (χ2n) is 21.0. The fourth-order valence-electron chi connectivity index (χ4n) is 9.37. The van der Waals surface area contributed by atoms with Crippen LogP contribution < -0.4 is 0 Å². The molecule has 0 fully saturated rings. The Hall–Kier alpha value is -1.62. The van der Waals surface area contributed by atoms with E-state index < -0.39 is 6.10 Å². The van der Waals surface area contributed by atoms with Crippen LogP contribution >= 0.6 is 0 Å². The van der Waals surface area contributed by atoms with Gasteiger partial charge in [-0.15, -0.1) is 0 Å². The lowest BCUT2D eigenvalue weighted by Gasteiger charge is -2.18. The number of carbonyl (C=O) groups is 2. The predicted molar refractivity (Wildman–Crippen MR) is 298 cm³/mol. The number of hydrogen-bond donors (Lipinski definition) is 0. The number of allylic oxidation sites excluding steroid dienone is 4. The Balaban J connectivity index is 4.21. The van der Waals surface area contributed by atoms with Crippen LogP contribution in [0.15, 0.2) is 24.3 Å². The highest BCUT2D eigenvalue weighted by Crippen LogP contribution is 2.17. The van der Waals surface area contributed by atoms with Gasteiger partial charge in [-0.25, -0.2) is 0 Å². The van der Waals surface area contributed by atoms with Crippen LogP contribution in [-0.4, -0.2) is 37.9 Å². The van der Waals surface area contributed by atoms with Crippen molar-refractivity contribution in [3.8, 4) is 0 Å². The van der Waals surface area contributed by atoms with E-state index in [9.17, 15) is 9.59 Å². The van der Waals surface area contributed by atoms with Gasteiger partial charge in [0.05, 0.1) is 6.61 Å². The van der Waals surface area contributed by atoms with E-state index >= 15 is 0 Å². The molecule has 0 saturated heterocycles. The maximum absolute atomic E-state index is 12.9. The van der Waals surface area contributed by atoms with E-state index in [0.717, 1.165) is 38.5 Å². The second kappa shape index (κ2) is 59.7. The van der Waals surface area contributed by atoms with Crippen LogP contribution in [0.4, 0.5) is 0 Å². The molecule has 1 atom stereocenters. The fourth-order valence-corrected chi connectivity index (χ4v) is 9.37. The van der Waals surface area contributed by atoms with Crippen molar-refractivity contribution in [2.24, 2.45) is 0 Å². The van der Waals surface area contributed by atoms with Gasteiger partial charge in [0.2, 0.25) is 0 Å². The smallest absolute Gasteiger partial charge is 0.306 e. The Bertz CT molecular complexity index is 1040. The van der Waals surface area contributed by atoms with Gasteiger partial charge < -0.3 is 14.2 Å². The van der Waals surface area contributed by atoms with Gasteiger partial charge in [0.1, 0.15) is 6.61 Å². The predicted octanol–water partition coefficient (Wildman–Crippen LogP) is 21.1. The molecular formula is C63H120O5. The van der Waals surface area contributed by atoms with E-state index in [1.807, 2.05) is 0 Å².